The van der Waals surface area contributed by atoms with Crippen LogP contribution >= 0.6 is 31.9 Å². The maximum Gasteiger partial charge on any atom is 0.134 e. The molecule has 0 spiro atoms. The van der Waals surface area contributed by atoms with E-state index in [-0.39, 0.29) is 5.82 Å². The summed E-state index contributed by atoms with van der Waals surface area (Å²) in [6, 6.07) is 4.38. The number of rotatable bonds is 5. The number of hydrogen-bond acceptors (Lipinski definition) is 2. The maximum absolute atomic E-state index is 13.0. The summed E-state index contributed by atoms with van der Waals surface area (Å²) >= 11 is 6.87. The van der Waals surface area contributed by atoms with E-state index in [4.69, 9.17) is 4.74 Å². The van der Waals surface area contributed by atoms with Gasteiger partial charge in [-0.25, -0.2) is 4.39 Å². The van der Waals surface area contributed by atoms with E-state index in [0.29, 0.717) is 16.8 Å². The van der Waals surface area contributed by atoms with Gasteiger partial charge >= 0.3 is 0 Å². The zero-order valence-corrected chi connectivity index (χ0v) is 14.5. The molecule has 0 atom stereocenters. The van der Waals surface area contributed by atoms with Crippen LogP contribution in [0.2, 0.25) is 0 Å². The number of benzene rings is 1. The predicted octanol–water partition coefficient (Wildman–Crippen LogP) is 4.71. The fraction of sp³-hybridized carbons (Fsp3) is 0.357. The van der Waals surface area contributed by atoms with Crippen LogP contribution in [-0.4, -0.2) is 9.78 Å². The lowest BCUT2D eigenvalue weighted by Crippen LogP contribution is -2.07. The molecule has 1 aromatic heterocycles. The summed E-state index contributed by atoms with van der Waals surface area (Å²) < 4.78 is 22.3. The number of nitrogens with zero attached hydrogens (tertiary/aromatic N) is 2. The van der Waals surface area contributed by atoms with Crippen LogP contribution in [-0.2, 0) is 19.6 Å². The lowest BCUT2D eigenvalue weighted by Gasteiger charge is -2.10. The van der Waals surface area contributed by atoms with Gasteiger partial charge in [-0.3, -0.25) is 4.68 Å². The van der Waals surface area contributed by atoms with Gasteiger partial charge < -0.3 is 4.74 Å². The van der Waals surface area contributed by atoms with E-state index >= 15 is 0 Å². The minimum atomic E-state index is -0.294. The van der Waals surface area contributed by atoms with Crippen molar-refractivity contribution in [2.24, 2.45) is 0 Å². The fourth-order valence-electron chi connectivity index (χ4n) is 1.89. The first kappa shape index (κ1) is 15.5. The van der Waals surface area contributed by atoms with Crippen LogP contribution < -0.4 is 4.74 Å². The first-order chi connectivity index (χ1) is 9.56. The van der Waals surface area contributed by atoms with E-state index in [9.17, 15) is 4.39 Å². The molecular formula is C14H15Br2FN2O. The average molecular weight is 406 g/mol. The van der Waals surface area contributed by atoms with Crippen LogP contribution in [0.4, 0.5) is 4.39 Å². The molecule has 3 nitrogen and oxygen atoms in total. The SMILES string of the molecule is CCc1nn(CC)c(COc2ccc(F)cc2Br)c1Br. The van der Waals surface area contributed by atoms with Gasteiger partial charge in [0.05, 0.1) is 20.3 Å². The Morgan fingerprint density at radius 1 is 1.30 bits per heavy atom. The highest BCUT2D eigenvalue weighted by Crippen LogP contribution is 2.28. The standard InChI is InChI=1S/C14H15Br2FN2O/c1-3-11-14(16)12(19(4-2)18-11)8-20-13-6-5-9(17)7-10(13)15/h5-7H,3-4,8H2,1-2H3. The van der Waals surface area contributed by atoms with Gasteiger partial charge in [-0.2, -0.15) is 5.10 Å². The third-order valence-corrected chi connectivity index (χ3v) is 4.49. The van der Waals surface area contributed by atoms with Gasteiger partial charge in [0.2, 0.25) is 0 Å². The molecule has 0 N–H and O–H groups in total. The molecule has 2 rings (SSSR count). The summed E-state index contributed by atoms with van der Waals surface area (Å²) in [5.41, 5.74) is 2.00. The summed E-state index contributed by atoms with van der Waals surface area (Å²) in [5.74, 6) is 0.317. The lowest BCUT2D eigenvalue weighted by molar-refractivity contribution is 0.289. The molecule has 0 bridgehead atoms. The van der Waals surface area contributed by atoms with Crippen molar-refractivity contribution in [3.8, 4) is 5.75 Å². The molecular weight excluding hydrogens is 391 g/mol. The number of aromatic nitrogens is 2. The van der Waals surface area contributed by atoms with E-state index in [2.05, 4.69) is 43.9 Å². The topological polar surface area (TPSA) is 27.1 Å². The van der Waals surface area contributed by atoms with Crippen LogP contribution in [0.1, 0.15) is 25.2 Å². The van der Waals surface area contributed by atoms with E-state index in [1.165, 1.54) is 12.1 Å². The summed E-state index contributed by atoms with van der Waals surface area (Å²) in [5, 5.41) is 4.51. The largest absolute Gasteiger partial charge is 0.486 e. The number of aryl methyl sites for hydroxylation is 2. The van der Waals surface area contributed by atoms with Crippen molar-refractivity contribution in [3.63, 3.8) is 0 Å². The molecule has 1 heterocycles. The Balaban J connectivity index is 2.20. The van der Waals surface area contributed by atoms with E-state index in [0.717, 1.165) is 28.8 Å². The molecule has 108 valence electrons. The number of hydrogen-bond donors (Lipinski definition) is 0. The van der Waals surface area contributed by atoms with Gasteiger partial charge in [0, 0.05) is 6.54 Å². The second-order valence-corrected chi connectivity index (χ2v) is 5.89. The van der Waals surface area contributed by atoms with Crippen LogP contribution in [0.15, 0.2) is 27.1 Å². The van der Waals surface area contributed by atoms with Gasteiger partial charge in [0.15, 0.2) is 0 Å². The van der Waals surface area contributed by atoms with Crippen LogP contribution in [0.3, 0.4) is 0 Å². The Bertz CT molecular complexity index is 613. The van der Waals surface area contributed by atoms with Gasteiger partial charge in [0.1, 0.15) is 18.2 Å². The van der Waals surface area contributed by atoms with E-state index in [1.807, 2.05) is 11.6 Å². The maximum atomic E-state index is 13.0. The molecule has 0 aliphatic carbocycles. The van der Waals surface area contributed by atoms with E-state index < -0.39 is 0 Å². The van der Waals surface area contributed by atoms with Crippen molar-refractivity contribution >= 4 is 31.9 Å². The fourth-order valence-corrected chi connectivity index (χ4v) is 3.04. The van der Waals surface area contributed by atoms with Gasteiger partial charge in [-0.1, -0.05) is 6.92 Å². The minimum absolute atomic E-state index is 0.294. The molecule has 0 fully saturated rings. The Morgan fingerprint density at radius 3 is 2.65 bits per heavy atom. The van der Waals surface area contributed by atoms with Gasteiger partial charge in [0.25, 0.3) is 0 Å². The second kappa shape index (κ2) is 6.72. The first-order valence-corrected chi connectivity index (χ1v) is 7.97. The van der Waals surface area contributed by atoms with Crippen molar-refractivity contribution in [1.82, 2.24) is 9.78 Å². The predicted molar refractivity (Wildman–Crippen MR) is 83.4 cm³/mol. The quantitative estimate of drug-likeness (QED) is 0.720. The molecule has 6 heteroatoms. The lowest BCUT2D eigenvalue weighted by atomic mass is 10.3. The van der Waals surface area contributed by atoms with Crippen molar-refractivity contribution in [2.75, 3.05) is 0 Å². The normalized spacial score (nSPS) is 10.8. The Morgan fingerprint density at radius 2 is 2.05 bits per heavy atom. The number of halogens is 3. The monoisotopic (exact) mass is 404 g/mol. The zero-order valence-electron chi connectivity index (χ0n) is 11.3. The molecule has 0 aliphatic rings. The Labute approximate surface area is 134 Å². The molecule has 0 radical (unpaired) electrons. The Kier molecular flexibility index (Phi) is 5.21. The molecule has 0 amide bonds. The van der Waals surface area contributed by atoms with Crippen molar-refractivity contribution in [3.05, 3.63) is 44.3 Å². The third-order valence-electron chi connectivity index (χ3n) is 2.95. The summed E-state index contributed by atoms with van der Waals surface area (Å²) in [6.45, 7) is 5.26. The highest BCUT2D eigenvalue weighted by molar-refractivity contribution is 9.10. The number of ether oxygens (including phenoxy) is 1. The highest BCUT2D eigenvalue weighted by Gasteiger charge is 2.15. The van der Waals surface area contributed by atoms with Crippen molar-refractivity contribution < 1.29 is 9.13 Å². The Hall–Kier alpha value is -0.880. The zero-order chi connectivity index (χ0) is 14.7. The smallest absolute Gasteiger partial charge is 0.134 e. The van der Waals surface area contributed by atoms with E-state index in [1.54, 1.807) is 6.07 Å². The van der Waals surface area contributed by atoms with Crippen molar-refractivity contribution in [2.45, 2.75) is 33.4 Å². The first-order valence-electron chi connectivity index (χ1n) is 6.38. The highest BCUT2D eigenvalue weighted by atomic mass is 79.9. The summed E-state index contributed by atoms with van der Waals surface area (Å²) in [7, 11) is 0. The van der Waals surface area contributed by atoms with Crippen LogP contribution in [0.5, 0.6) is 5.75 Å². The van der Waals surface area contributed by atoms with Crippen LogP contribution in [0, 0.1) is 5.82 Å². The van der Waals surface area contributed by atoms with Crippen LogP contribution in [0.25, 0.3) is 0 Å². The summed E-state index contributed by atoms with van der Waals surface area (Å²) in [6.07, 6.45) is 0.862. The molecule has 0 unspecified atom stereocenters. The molecule has 0 aliphatic heterocycles. The average Bonchev–Trinajstić information content (AvgIpc) is 2.74. The molecule has 0 saturated heterocycles. The molecule has 1 aromatic carbocycles. The molecule has 20 heavy (non-hydrogen) atoms. The van der Waals surface area contributed by atoms with Gasteiger partial charge in [-0.15, -0.1) is 0 Å². The molecule has 2 aromatic rings. The van der Waals surface area contributed by atoms with Crippen molar-refractivity contribution in [1.29, 1.82) is 0 Å². The summed E-state index contributed by atoms with van der Waals surface area (Å²) in [4.78, 5) is 0. The third kappa shape index (κ3) is 3.23. The minimum Gasteiger partial charge on any atom is -0.486 e. The molecule has 0 saturated carbocycles. The van der Waals surface area contributed by atoms with Gasteiger partial charge in [-0.05, 0) is 63.4 Å². The second-order valence-electron chi connectivity index (χ2n) is 4.24.